The molecule has 1 N–H and O–H groups in total. The van der Waals surface area contributed by atoms with Gasteiger partial charge in [-0.25, -0.2) is 0 Å². The van der Waals surface area contributed by atoms with Gasteiger partial charge in [0.1, 0.15) is 6.61 Å². The first-order valence-corrected chi connectivity index (χ1v) is 53.6. The number of alkyl halides is 3. The zero-order valence-corrected chi connectivity index (χ0v) is 83.2. The number of fused-ring (bicyclic) bond motifs is 10. The van der Waals surface area contributed by atoms with E-state index in [4.69, 9.17) is 94.7 Å². The molecule has 6 unspecified atom stereocenters. The maximum Gasteiger partial charge on any atom is 1.00 e. The van der Waals surface area contributed by atoms with E-state index >= 15 is 0 Å². The van der Waals surface area contributed by atoms with Crippen LogP contribution in [-0.2, 0) is 66.8 Å². The van der Waals surface area contributed by atoms with Gasteiger partial charge in [0.2, 0.25) is 32.9 Å². The van der Waals surface area contributed by atoms with Crippen molar-refractivity contribution in [3.05, 3.63) is 200 Å². The number of carbonyl (C=O) groups excluding carboxylic acids is 5. The molecule has 0 aromatic heterocycles. The molecule has 130 heavy (non-hydrogen) atoms. The molecular weight excluding hydrogens is 2110 g/mol. The van der Waals surface area contributed by atoms with Crippen molar-refractivity contribution in [1.82, 2.24) is 0 Å². The predicted molar refractivity (Wildman–Crippen MR) is 466 cm³/mol. The Morgan fingerprint density at radius 1 is 0.477 bits per heavy atom. The van der Waals surface area contributed by atoms with Gasteiger partial charge in [-0.1, -0.05) is 43.0 Å². The summed E-state index contributed by atoms with van der Waals surface area (Å²) in [6.07, 6.45) is 0.685. The number of Topliss-reactive ketones (excluding diaryl/α,β-unsaturated/α-hetero) is 1. The summed E-state index contributed by atoms with van der Waals surface area (Å²) in [5, 5.41) is 11.0. The Morgan fingerprint density at radius 3 is 1.33 bits per heavy atom. The topological polar surface area (TPSA) is 334 Å². The summed E-state index contributed by atoms with van der Waals surface area (Å²) < 4.78 is 178. The van der Waals surface area contributed by atoms with Gasteiger partial charge >= 0.3 is 120 Å². The third-order valence-electron chi connectivity index (χ3n) is 24.6. The Labute approximate surface area is 814 Å². The van der Waals surface area contributed by atoms with Gasteiger partial charge in [-0.2, -0.15) is 21.6 Å². The Hall–Kier alpha value is -9.07. The van der Waals surface area contributed by atoms with Crippen LogP contribution in [0.15, 0.2) is 116 Å². The molecule has 4 saturated heterocycles. The van der Waals surface area contributed by atoms with Crippen LogP contribution in [0.1, 0.15) is 119 Å². The number of aliphatic hydroxyl groups is 1. The Kier molecular flexibility index (Phi) is 31.7. The molecule has 13 atom stereocenters. The van der Waals surface area contributed by atoms with Gasteiger partial charge in [0, 0.05) is 79.5 Å². The number of carbonyl (C=O) groups is 5. The maximum absolute atomic E-state index is 13.3. The molecule has 3 aliphatic carbocycles. The minimum Gasteiger partial charge on any atom is -1.00 e. The molecule has 4 fully saturated rings. The number of ether oxygens (including phenoxy) is 20. The first-order chi connectivity index (χ1) is 60.9. The second-order valence-corrected chi connectivity index (χ2v) is 48.9. The Bertz CT molecular complexity index is 5730. The molecule has 4 radical (unpaired) electrons. The van der Waals surface area contributed by atoms with Crippen LogP contribution >= 0.6 is 37.2 Å². The third kappa shape index (κ3) is 18.4. The number of cyclic esters (lactones) is 4. The van der Waals surface area contributed by atoms with Crippen LogP contribution in [0.4, 0.5) is 13.2 Å². The molecule has 29 nitrogen and oxygen atoms in total. The average molecular weight is 2200 g/mol. The number of aryl methyl sites for hydroxylation is 4. The van der Waals surface area contributed by atoms with E-state index in [1.54, 1.807) is 67.8 Å². The molecule has 0 bridgehead atoms. The van der Waals surface area contributed by atoms with Crippen molar-refractivity contribution in [2.45, 2.75) is 63.0 Å². The van der Waals surface area contributed by atoms with E-state index in [-0.39, 0.29) is 187 Å². The Morgan fingerprint density at radius 2 is 0.862 bits per heavy atom. The van der Waals surface area contributed by atoms with Crippen LogP contribution in [0.5, 0.6) is 97.7 Å². The Balaban J connectivity index is 0.000000166. The van der Waals surface area contributed by atoms with E-state index in [0.29, 0.717) is 111 Å². The largest absolute Gasteiger partial charge is 1.00 e. The van der Waals surface area contributed by atoms with E-state index < -0.39 is 69.0 Å². The van der Waals surface area contributed by atoms with Crippen molar-refractivity contribution >= 4 is 91.0 Å². The fourth-order valence-corrected chi connectivity index (χ4v) is 19.5. The smallest absolute Gasteiger partial charge is 1.00 e. The van der Waals surface area contributed by atoms with E-state index in [1.165, 1.54) is 32.4 Å². The summed E-state index contributed by atoms with van der Waals surface area (Å²) >= 11 is 5.30. The second-order valence-electron chi connectivity index (χ2n) is 31.1. The quantitative estimate of drug-likeness (QED) is 0.0169. The van der Waals surface area contributed by atoms with E-state index in [1.807, 2.05) is 81.4 Å². The minimum absolute atomic E-state index is 0. The first-order valence-electron chi connectivity index (χ1n) is 39.7. The number of aliphatic hydroxyl groups excluding tert-OH is 1. The molecule has 0 amide bonds. The minimum atomic E-state index is -6.11. The molecule has 8 heterocycles. The summed E-state index contributed by atoms with van der Waals surface area (Å²) in [6, 6.07) is 28.8. The van der Waals surface area contributed by atoms with Gasteiger partial charge in [0.15, 0.2) is 97.8 Å². The third-order valence-corrected chi connectivity index (χ3v) is 25.5. The van der Waals surface area contributed by atoms with Crippen molar-refractivity contribution in [2.75, 3.05) is 110 Å². The SMILES string of the molecule is C=C1c2cc3c(cc2C(c2cc(C)c(OC)c(OC)c2)[C@@H]2C(=O)OC[C@H]12)OCO3.C=C[C@H]1COC(=O)C1C(c1cc(C)c(OC)c(OC)c1)c1ccc2c(c1OS(=O)(=O)C(F)(F)F)OCO2.COc1cc(C2c3cc4c(cc3C(=O)[C@H]3COC(=O)[C@@H]23)OCO4)cc(C)c1OC.COc1cc(C2c3cc4c(cc3C(O)[C@H]3COC(=O)[C@@H]23)OCO4)cc(C)c1OC.I[I-]I.[B].[H-].[Na+].[V]. The summed E-state index contributed by atoms with van der Waals surface area (Å²) in [5.41, 5.74) is 6.42. The van der Waals surface area contributed by atoms with Gasteiger partial charge in [-0.3, -0.25) is 24.0 Å². The van der Waals surface area contributed by atoms with Crippen LogP contribution in [0.2, 0.25) is 0 Å². The van der Waals surface area contributed by atoms with Crippen molar-refractivity contribution in [3.63, 3.8) is 0 Å². The number of hydrogen-bond acceptors (Lipinski definition) is 29. The molecule has 0 saturated carbocycles. The van der Waals surface area contributed by atoms with E-state index in [0.717, 1.165) is 66.8 Å². The summed E-state index contributed by atoms with van der Waals surface area (Å²) in [5.74, 6) is -0.320. The molecule has 684 valence electrons. The summed E-state index contributed by atoms with van der Waals surface area (Å²) in [4.78, 5) is 64.2. The first kappa shape index (κ1) is 99.9. The molecule has 39 heteroatoms. The zero-order valence-electron chi connectivity index (χ0n) is 73.5. The van der Waals surface area contributed by atoms with Crippen LogP contribution in [0.25, 0.3) is 5.57 Å². The average Bonchev–Trinajstić information content (AvgIpc) is 1.58. The predicted octanol–water partition coefficient (Wildman–Crippen LogP) is 8.84. The van der Waals surface area contributed by atoms with Crippen molar-refractivity contribution < 1.29 is 212 Å². The number of hydrogen-bond donors (Lipinski definition) is 1. The molecule has 8 aromatic rings. The molecule has 8 aromatic carbocycles. The van der Waals surface area contributed by atoms with Gasteiger partial charge in [0.05, 0.1) is 112 Å². The van der Waals surface area contributed by atoms with Gasteiger partial charge < -0.3 is 105 Å². The van der Waals surface area contributed by atoms with Crippen LogP contribution in [-0.4, -0.2) is 168 Å². The number of ketones is 1. The van der Waals surface area contributed by atoms with E-state index in [9.17, 15) is 50.7 Å². The van der Waals surface area contributed by atoms with Gasteiger partial charge in [-0.15, -0.1) is 6.58 Å². The standard InChI is InChI=1S/C24H23F3O9S.C23H22O6.C22H22O7.C22H20O7.B.I3.Na.V.H/c1-5-13-10-33-23(28)19(13)18(14-8-12(2)20(32-4)17(9-14)31-3)15-6-7-16-22(35-11-34-16)21(15)36-37(29,30)24(25,26)27;1-11-5-13(6-19(25-3)22(11)26-4)20-15-8-18-17(28-10-29-18)7-14(15)12(2)16-9-27-23(24)21(16)20;2*1-10-4-11(5-17(25-2)21(10)26-3)18-12-6-15-16(29-9-28-15)7-13(12)20(23)14-8-27-22(24)19(14)18;;1-3-2;;;/h5-9,13,18-19H,1,10-11H2,2-4H3;5-8,16,20-21H,2,9-10H2,1,3-4H3;4-7,14,18-20,23H,8-9H2,1-3H3;4-7,14,18-19H,8-9H2,1-3H3;;;;;/q;;;;;-1;+1;;-1/t13-,18?,19?;16-,20?,21-;14-,18?,19+,20?;14-,18?,19+;;;;;/m0100...../s1. The maximum atomic E-state index is 13.3. The number of halogens is 6. The zero-order chi connectivity index (χ0) is 90.7. The van der Waals surface area contributed by atoms with Gasteiger partial charge in [0.25, 0.3) is 0 Å². The fraction of sp³-hybridized carbons (Fsp3) is 0.374. The normalized spacial score (nSPS) is 22.4. The van der Waals surface area contributed by atoms with Crippen LogP contribution in [0.3, 0.4) is 0 Å². The molecule has 19 rings (SSSR count). The molecule has 11 aliphatic rings. The number of benzene rings is 8. The monoisotopic (exact) mass is 2200 g/mol. The number of esters is 4. The molecular formula is C91H88BF3I3NaO29SV-. The van der Waals surface area contributed by atoms with Crippen LogP contribution < -0.4 is 123 Å². The summed E-state index contributed by atoms with van der Waals surface area (Å²) in [7, 11) is 6.31. The number of rotatable bonds is 17. The number of methoxy groups -OCH3 is 8. The van der Waals surface area contributed by atoms with E-state index in [2.05, 4.69) is 60.6 Å². The second kappa shape index (κ2) is 41.2. The van der Waals surface area contributed by atoms with Crippen LogP contribution in [0, 0.1) is 75.0 Å². The van der Waals surface area contributed by atoms with Crippen molar-refractivity contribution in [3.8, 4) is 97.7 Å². The van der Waals surface area contributed by atoms with Crippen molar-refractivity contribution in [1.29, 1.82) is 0 Å². The summed E-state index contributed by atoms with van der Waals surface area (Å²) in [6.45, 7) is 16.3. The van der Waals surface area contributed by atoms with Crippen molar-refractivity contribution in [2.24, 2.45) is 47.3 Å². The van der Waals surface area contributed by atoms with Gasteiger partial charge in [-0.05, 0) is 172 Å². The fourth-order valence-electron chi connectivity index (χ4n) is 19.0. The molecule has 8 aliphatic heterocycles. The molecule has 0 spiro atoms.